The van der Waals surface area contributed by atoms with Crippen molar-refractivity contribution in [3.05, 3.63) is 48.6 Å². The zero-order chi connectivity index (χ0) is 47.7. The van der Waals surface area contributed by atoms with Gasteiger partial charge in [-0.25, -0.2) is 0 Å². The van der Waals surface area contributed by atoms with Crippen LogP contribution < -0.4 is 5.32 Å². The third kappa shape index (κ3) is 53.3. The van der Waals surface area contributed by atoms with E-state index in [2.05, 4.69) is 55.6 Å². The molecule has 0 rings (SSSR count). The van der Waals surface area contributed by atoms with Gasteiger partial charge in [-0.1, -0.05) is 306 Å². The highest BCUT2D eigenvalue weighted by molar-refractivity contribution is 5.76. The van der Waals surface area contributed by atoms with Crippen LogP contribution in [0.3, 0.4) is 0 Å². The molecule has 0 aliphatic heterocycles. The van der Waals surface area contributed by atoms with Crippen LogP contribution in [0.5, 0.6) is 0 Å². The molecule has 0 fully saturated rings. The average molecular weight is 925 g/mol. The molecule has 0 heterocycles. The molecule has 4 heteroatoms. The van der Waals surface area contributed by atoms with E-state index in [0.29, 0.717) is 6.42 Å². The first-order chi connectivity index (χ1) is 32.7. The van der Waals surface area contributed by atoms with Crippen LogP contribution in [0.4, 0.5) is 0 Å². The van der Waals surface area contributed by atoms with E-state index >= 15 is 0 Å². The Balaban J connectivity index is 3.40. The van der Waals surface area contributed by atoms with Crippen LogP contribution in [0.1, 0.15) is 322 Å². The summed E-state index contributed by atoms with van der Waals surface area (Å²) in [6.07, 6.45) is 80.1. The maximum Gasteiger partial charge on any atom is 0.220 e. The van der Waals surface area contributed by atoms with Gasteiger partial charge >= 0.3 is 0 Å². The number of allylic oxidation sites excluding steroid dienone is 7. The minimum Gasteiger partial charge on any atom is -0.394 e. The monoisotopic (exact) mass is 924 g/mol. The van der Waals surface area contributed by atoms with Gasteiger partial charge in [-0.2, -0.15) is 0 Å². The zero-order valence-corrected chi connectivity index (χ0v) is 44.7. The Hall–Kier alpha value is -1.65. The molecule has 0 aliphatic rings. The lowest BCUT2D eigenvalue weighted by Gasteiger charge is -2.20. The van der Waals surface area contributed by atoms with Gasteiger partial charge in [0.05, 0.1) is 18.8 Å². The Morgan fingerprint density at radius 3 is 0.924 bits per heavy atom. The van der Waals surface area contributed by atoms with E-state index in [1.807, 2.05) is 6.08 Å². The summed E-state index contributed by atoms with van der Waals surface area (Å²) < 4.78 is 0. The van der Waals surface area contributed by atoms with Crippen LogP contribution >= 0.6 is 0 Å². The number of aliphatic hydroxyl groups excluding tert-OH is 2. The van der Waals surface area contributed by atoms with E-state index in [4.69, 9.17) is 0 Å². The number of nitrogens with one attached hydrogen (secondary N) is 1. The highest BCUT2D eigenvalue weighted by Crippen LogP contribution is 2.17. The molecular weight excluding hydrogens is 807 g/mol. The van der Waals surface area contributed by atoms with Crippen LogP contribution in [0, 0.1) is 0 Å². The standard InChI is InChI=1S/C62H117NO3/c1-3-5-7-9-11-13-15-17-19-20-21-22-23-24-25-26-27-28-29-30-31-32-33-34-35-36-37-38-39-40-41-42-44-46-48-50-52-54-56-58-62(66)63-60(59-64)61(65)57-55-53-51-49-47-45-43-18-16-14-12-10-8-6-4-2/h15,17,20-21,23-24,55,57,60-61,64-65H,3-14,16,18-19,22,25-54,56,58-59H2,1-2H3,(H,63,66)/b17-15-,21-20-,24-23-,57-55+. The van der Waals surface area contributed by atoms with Crippen LogP contribution in [-0.4, -0.2) is 34.9 Å². The average Bonchev–Trinajstić information content (AvgIpc) is 3.32. The minimum absolute atomic E-state index is 0.0591. The Morgan fingerprint density at radius 2 is 0.621 bits per heavy atom. The quantitative estimate of drug-likeness (QED) is 0.0420. The summed E-state index contributed by atoms with van der Waals surface area (Å²) in [5.41, 5.74) is 0. The van der Waals surface area contributed by atoms with Crippen molar-refractivity contribution in [1.29, 1.82) is 0 Å². The second kappa shape index (κ2) is 57.7. The SMILES string of the molecule is CCCCCCC/C=C\C/C=C\C/C=C\CCCCCCCCCCCCCCCCCCCCCCCCCCC(=O)NC(CO)C(O)/C=C/CCCCCCCCCCCCCCC. The highest BCUT2D eigenvalue weighted by Gasteiger charge is 2.18. The maximum absolute atomic E-state index is 12.5. The smallest absolute Gasteiger partial charge is 0.220 e. The molecule has 0 radical (unpaired) electrons. The fraction of sp³-hybridized carbons (Fsp3) is 0.855. The number of carbonyl (C=O) groups excluding carboxylic acids is 1. The molecule has 2 unspecified atom stereocenters. The number of amides is 1. The van der Waals surface area contributed by atoms with Crippen molar-refractivity contribution in [2.45, 2.75) is 334 Å². The van der Waals surface area contributed by atoms with Gasteiger partial charge in [-0.05, 0) is 57.8 Å². The Morgan fingerprint density at radius 1 is 0.364 bits per heavy atom. The molecule has 3 N–H and O–H groups in total. The minimum atomic E-state index is -0.837. The molecular formula is C62H117NO3. The molecule has 388 valence electrons. The molecule has 1 amide bonds. The molecule has 0 bridgehead atoms. The molecule has 0 aliphatic carbocycles. The second-order valence-corrected chi connectivity index (χ2v) is 20.4. The predicted octanol–water partition coefficient (Wildman–Crippen LogP) is 19.8. The van der Waals surface area contributed by atoms with E-state index in [0.717, 1.165) is 38.5 Å². The van der Waals surface area contributed by atoms with E-state index in [-0.39, 0.29) is 12.5 Å². The van der Waals surface area contributed by atoms with E-state index < -0.39 is 12.1 Å². The maximum atomic E-state index is 12.5. The Bertz CT molecular complexity index is 1050. The third-order valence-electron chi connectivity index (χ3n) is 13.8. The molecule has 66 heavy (non-hydrogen) atoms. The van der Waals surface area contributed by atoms with Gasteiger partial charge in [0, 0.05) is 6.42 Å². The topological polar surface area (TPSA) is 69.6 Å². The van der Waals surface area contributed by atoms with Crippen molar-refractivity contribution < 1.29 is 15.0 Å². The fourth-order valence-electron chi connectivity index (χ4n) is 9.25. The highest BCUT2D eigenvalue weighted by atomic mass is 16.3. The Kier molecular flexibility index (Phi) is 56.2. The number of unbranched alkanes of at least 4 members (excludes halogenated alkanes) is 42. The third-order valence-corrected chi connectivity index (χ3v) is 13.8. The summed E-state index contributed by atoms with van der Waals surface area (Å²) in [5, 5.41) is 23.1. The van der Waals surface area contributed by atoms with Crippen LogP contribution in [0.25, 0.3) is 0 Å². The number of hydrogen-bond donors (Lipinski definition) is 3. The largest absolute Gasteiger partial charge is 0.394 e. The van der Waals surface area contributed by atoms with E-state index in [9.17, 15) is 15.0 Å². The van der Waals surface area contributed by atoms with Crippen molar-refractivity contribution in [1.82, 2.24) is 5.32 Å². The van der Waals surface area contributed by atoms with Crippen molar-refractivity contribution in [3.63, 3.8) is 0 Å². The lowest BCUT2D eigenvalue weighted by molar-refractivity contribution is -0.123. The summed E-state index contributed by atoms with van der Waals surface area (Å²) in [6.45, 7) is 4.32. The van der Waals surface area contributed by atoms with Gasteiger partial charge < -0.3 is 15.5 Å². The molecule has 0 aromatic carbocycles. The summed E-state index contributed by atoms with van der Waals surface area (Å²) in [4.78, 5) is 12.5. The number of rotatable bonds is 55. The van der Waals surface area contributed by atoms with Crippen molar-refractivity contribution in [2.75, 3.05) is 6.61 Å². The van der Waals surface area contributed by atoms with Gasteiger partial charge in [0.25, 0.3) is 0 Å². The van der Waals surface area contributed by atoms with E-state index in [1.54, 1.807) is 6.08 Å². The summed E-state index contributed by atoms with van der Waals surface area (Å²) in [5.74, 6) is -0.0591. The summed E-state index contributed by atoms with van der Waals surface area (Å²) in [6, 6.07) is -0.620. The number of hydrogen-bond acceptors (Lipinski definition) is 3. The fourth-order valence-corrected chi connectivity index (χ4v) is 9.25. The lowest BCUT2D eigenvalue weighted by atomic mass is 10.0. The molecule has 0 saturated carbocycles. The predicted molar refractivity (Wildman–Crippen MR) is 295 cm³/mol. The molecule has 0 saturated heterocycles. The van der Waals surface area contributed by atoms with E-state index in [1.165, 1.54) is 263 Å². The first-order valence-corrected chi connectivity index (χ1v) is 29.9. The van der Waals surface area contributed by atoms with Gasteiger partial charge in [-0.3, -0.25) is 4.79 Å². The Labute approximate surface area is 414 Å². The van der Waals surface area contributed by atoms with Crippen LogP contribution in [0.2, 0.25) is 0 Å². The van der Waals surface area contributed by atoms with Crippen LogP contribution in [-0.2, 0) is 4.79 Å². The van der Waals surface area contributed by atoms with Gasteiger partial charge in [0.2, 0.25) is 5.91 Å². The van der Waals surface area contributed by atoms with Gasteiger partial charge in [-0.15, -0.1) is 0 Å². The summed E-state index contributed by atoms with van der Waals surface area (Å²) >= 11 is 0. The van der Waals surface area contributed by atoms with Crippen molar-refractivity contribution >= 4 is 5.91 Å². The molecule has 4 nitrogen and oxygen atoms in total. The molecule has 0 aromatic heterocycles. The number of aliphatic hydroxyl groups is 2. The first-order valence-electron chi connectivity index (χ1n) is 29.9. The van der Waals surface area contributed by atoms with Crippen LogP contribution in [0.15, 0.2) is 48.6 Å². The molecule has 0 spiro atoms. The van der Waals surface area contributed by atoms with Crippen molar-refractivity contribution in [3.8, 4) is 0 Å². The molecule has 2 atom stereocenters. The molecule has 0 aromatic rings. The number of carbonyl (C=O) groups is 1. The summed E-state index contributed by atoms with van der Waals surface area (Å²) in [7, 11) is 0. The van der Waals surface area contributed by atoms with Gasteiger partial charge in [0.1, 0.15) is 0 Å². The first kappa shape index (κ1) is 64.3. The van der Waals surface area contributed by atoms with Gasteiger partial charge in [0.15, 0.2) is 0 Å². The van der Waals surface area contributed by atoms with Crippen molar-refractivity contribution in [2.24, 2.45) is 0 Å². The zero-order valence-electron chi connectivity index (χ0n) is 44.7. The normalized spacial score (nSPS) is 13.1. The second-order valence-electron chi connectivity index (χ2n) is 20.4. The lowest BCUT2D eigenvalue weighted by Crippen LogP contribution is -2.45.